The quantitative estimate of drug-likeness (QED) is 0.0649. The Morgan fingerprint density at radius 3 is 1.17 bits per heavy atom. The Balaban J connectivity index is 1.27. The van der Waals surface area contributed by atoms with Gasteiger partial charge < -0.3 is 23.7 Å². The molecule has 0 aliphatic rings. The summed E-state index contributed by atoms with van der Waals surface area (Å²) in [5.41, 5.74) is 3.16. The molecule has 77 heavy (non-hydrogen) atoms. The van der Waals surface area contributed by atoms with E-state index in [9.17, 15) is 21.0 Å². The summed E-state index contributed by atoms with van der Waals surface area (Å²) in [6, 6.07) is 41.5. The number of hydrogen-bond donors (Lipinski definition) is 0. The zero-order chi connectivity index (χ0) is 53.6. The molecule has 0 unspecified atom stereocenters. The van der Waals surface area contributed by atoms with Gasteiger partial charge in [0.15, 0.2) is 0 Å². The molecular formula is C56H39N9O8S4. The predicted molar refractivity (Wildman–Crippen MR) is 297 cm³/mol. The topological polar surface area (TPSA) is 232 Å². The minimum atomic E-state index is -0.826. The summed E-state index contributed by atoms with van der Waals surface area (Å²) in [4.78, 5) is 54.8. The highest BCUT2D eigenvalue weighted by molar-refractivity contribution is 7.33. The molecule has 0 radical (unpaired) electrons. The minimum Gasteiger partial charge on any atom is -0.492 e. The first kappa shape index (κ1) is 51.1. The van der Waals surface area contributed by atoms with Crippen molar-refractivity contribution in [1.82, 2.24) is 13.7 Å². The van der Waals surface area contributed by atoms with E-state index in [2.05, 4.69) is 9.98 Å². The number of rotatable bonds is 16. The van der Waals surface area contributed by atoms with E-state index in [1.54, 1.807) is 48.5 Å². The number of carbonyl (C=O) groups excluding carboxylic acids is 3. The third-order valence-electron chi connectivity index (χ3n) is 11.7. The molecule has 380 valence electrons. The molecule has 0 spiro atoms. The van der Waals surface area contributed by atoms with Gasteiger partial charge in [0.2, 0.25) is 11.4 Å². The van der Waals surface area contributed by atoms with Crippen molar-refractivity contribution in [2.75, 3.05) is 13.2 Å². The van der Waals surface area contributed by atoms with Crippen molar-refractivity contribution >= 4 is 126 Å². The zero-order valence-corrected chi connectivity index (χ0v) is 44.1. The van der Waals surface area contributed by atoms with Crippen LogP contribution in [-0.4, -0.2) is 56.6 Å². The Morgan fingerprint density at radius 1 is 0.481 bits per heavy atom. The van der Waals surface area contributed by atoms with Crippen molar-refractivity contribution in [2.45, 2.75) is 46.5 Å². The van der Waals surface area contributed by atoms with Crippen molar-refractivity contribution in [3.63, 3.8) is 0 Å². The van der Waals surface area contributed by atoms with Crippen LogP contribution in [0.4, 0.5) is 24.4 Å². The van der Waals surface area contributed by atoms with Crippen LogP contribution in [0.25, 0.3) is 62.0 Å². The number of carbonyl (C=O) groups is 3. The number of nitriles is 4. The van der Waals surface area contributed by atoms with Crippen LogP contribution in [-0.2, 0) is 34.0 Å². The molecule has 3 aromatic carbocycles. The highest BCUT2D eigenvalue weighted by atomic mass is 32.1. The number of aromatic nitrogens is 3. The molecule has 7 heterocycles. The van der Waals surface area contributed by atoms with Crippen molar-refractivity contribution < 1.29 is 38.1 Å². The Labute approximate surface area is 454 Å². The van der Waals surface area contributed by atoms with Crippen molar-refractivity contribution in [3.05, 3.63) is 132 Å². The van der Waals surface area contributed by atoms with Crippen LogP contribution >= 0.6 is 45.3 Å². The molecule has 10 rings (SSSR count). The lowest BCUT2D eigenvalue weighted by molar-refractivity contribution is 0.141. The molecule has 10 aromatic rings. The number of benzene rings is 3. The number of ether oxygens (including phenoxy) is 5. The van der Waals surface area contributed by atoms with E-state index in [1.807, 2.05) is 105 Å². The Morgan fingerprint density at radius 2 is 0.831 bits per heavy atom. The molecule has 21 heteroatoms. The molecule has 0 saturated heterocycles. The molecule has 17 nitrogen and oxygen atoms in total. The maximum Gasteiger partial charge on any atom is 0.419 e. The van der Waals surface area contributed by atoms with Crippen LogP contribution in [0.2, 0.25) is 0 Å². The van der Waals surface area contributed by atoms with Crippen LogP contribution in [0.3, 0.4) is 0 Å². The van der Waals surface area contributed by atoms with Crippen LogP contribution in [0, 0.1) is 45.3 Å². The van der Waals surface area contributed by atoms with Crippen molar-refractivity contribution in [3.8, 4) is 56.9 Å². The highest BCUT2D eigenvalue weighted by Crippen LogP contribution is 2.53. The number of thiophene rings is 4. The maximum atomic E-state index is 15.3. The normalized spacial score (nSPS) is 10.9. The largest absolute Gasteiger partial charge is 0.492 e. The average Bonchev–Trinajstić information content (AvgIpc) is 4.51. The molecule has 0 atom stereocenters. The molecule has 0 N–H and O–H groups in total. The van der Waals surface area contributed by atoms with E-state index in [-0.39, 0.29) is 63.3 Å². The molecule has 0 amide bonds. The molecule has 0 aliphatic heterocycles. The summed E-state index contributed by atoms with van der Waals surface area (Å²) in [7, 11) is 0. The van der Waals surface area contributed by atoms with E-state index in [0.717, 1.165) is 33.8 Å². The van der Waals surface area contributed by atoms with Gasteiger partial charge in [0, 0.05) is 12.1 Å². The first-order valence-electron chi connectivity index (χ1n) is 23.8. The summed E-state index contributed by atoms with van der Waals surface area (Å²) in [6.45, 7) is 4.11. The molecule has 7 aromatic heterocycles. The van der Waals surface area contributed by atoms with Crippen LogP contribution in [0.5, 0.6) is 11.5 Å². The second-order valence-electron chi connectivity index (χ2n) is 16.8. The number of nitrogens with zero attached hydrogens (tertiary/aromatic N) is 9. The monoisotopic (exact) mass is 1090 g/mol. The predicted octanol–water partition coefficient (Wildman–Crippen LogP) is 14.7. The number of fused-ring (bicyclic) bond motifs is 7. The SMILES string of the molecule is CCCOc1cc(N=C(C#N)C#N)sc1-c1cc2sc3c4sc5cc(-c6sc(N=C(C#N)C#N)cc6OCCC)n(C(=O)OCc6ccccc6)c5c4n(C(=O)OCc4ccccc4)c3c2n1C(=O)OCc1ccccc1. The Hall–Kier alpha value is -9.35. The van der Waals surface area contributed by atoms with Gasteiger partial charge in [-0.1, -0.05) is 105 Å². The minimum absolute atomic E-state index is 0.107. The highest BCUT2D eigenvalue weighted by Gasteiger charge is 2.35. The summed E-state index contributed by atoms with van der Waals surface area (Å²) in [5, 5.41) is 39.0. The van der Waals surface area contributed by atoms with Gasteiger partial charge in [-0.15, -0.1) is 45.3 Å². The third kappa shape index (κ3) is 10.2. The van der Waals surface area contributed by atoms with Crippen molar-refractivity contribution in [1.29, 1.82) is 21.0 Å². The lowest BCUT2D eigenvalue weighted by atomic mass is 10.2. The zero-order valence-electron chi connectivity index (χ0n) is 40.8. The van der Waals surface area contributed by atoms with E-state index in [1.165, 1.54) is 36.4 Å². The van der Waals surface area contributed by atoms with Crippen LogP contribution in [0.1, 0.15) is 43.4 Å². The van der Waals surface area contributed by atoms with Gasteiger partial charge in [-0.25, -0.2) is 38.1 Å². The maximum absolute atomic E-state index is 15.3. The first-order valence-corrected chi connectivity index (χ1v) is 27.0. The lowest BCUT2D eigenvalue weighted by Gasteiger charge is -2.13. The fourth-order valence-electron chi connectivity index (χ4n) is 8.39. The molecule has 0 saturated carbocycles. The van der Waals surface area contributed by atoms with Gasteiger partial charge in [0.25, 0.3) is 0 Å². The van der Waals surface area contributed by atoms with Gasteiger partial charge in [0.05, 0.1) is 75.2 Å². The second-order valence-corrected chi connectivity index (χ2v) is 21.0. The third-order valence-corrected chi connectivity index (χ3v) is 16.1. The van der Waals surface area contributed by atoms with E-state index in [0.29, 0.717) is 83.1 Å². The van der Waals surface area contributed by atoms with Gasteiger partial charge >= 0.3 is 18.3 Å². The second kappa shape index (κ2) is 22.6. The van der Waals surface area contributed by atoms with E-state index < -0.39 is 18.3 Å². The van der Waals surface area contributed by atoms with Gasteiger partial charge in [-0.2, -0.15) is 21.0 Å². The molecule has 0 fully saturated rings. The summed E-state index contributed by atoms with van der Waals surface area (Å²) < 4.78 is 37.4. The van der Waals surface area contributed by atoms with Gasteiger partial charge in [0.1, 0.15) is 65.6 Å². The fraction of sp³-hybridized carbons (Fsp3) is 0.161. The van der Waals surface area contributed by atoms with Crippen LogP contribution < -0.4 is 9.47 Å². The fourth-order valence-corrected chi connectivity index (χ4v) is 12.9. The summed E-state index contributed by atoms with van der Waals surface area (Å²) in [6.07, 6.45) is -1.15. The number of hydrogen-bond acceptors (Lipinski definition) is 18. The average molecular weight is 1090 g/mol. The summed E-state index contributed by atoms with van der Waals surface area (Å²) in [5.74, 6) is 0.676. The standard InChI is InChI=1S/C56H39N9O8S4/c1-3-20-69-40-24-44(61-36(26-57)27-58)76-50(40)38-22-42-46(63(38)54(66)71-30-33-14-8-5-9-15-33)48-52(74-42)53-49(65(48)56(68)73-32-35-18-12-7-13-19-35)47-43(75-53)23-39(64(47)55(67)72-31-34-16-10-6-11-17-34)51-41(70-21-4-2)25-45(77-51)62-37(28-59)29-60/h5-19,22-25H,3-4,20-21,30-32H2,1-2H3. The van der Waals surface area contributed by atoms with E-state index >= 15 is 14.4 Å². The molecule has 0 bridgehead atoms. The van der Waals surface area contributed by atoms with Crippen molar-refractivity contribution in [2.24, 2.45) is 9.98 Å². The molecule has 0 aliphatic carbocycles. The first-order chi connectivity index (χ1) is 37.7. The smallest absolute Gasteiger partial charge is 0.419 e. The Bertz CT molecular complexity index is 3880. The van der Waals surface area contributed by atoms with Crippen LogP contribution in [0.15, 0.2) is 125 Å². The van der Waals surface area contributed by atoms with E-state index in [4.69, 9.17) is 23.7 Å². The summed E-state index contributed by atoms with van der Waals surface area (Å²) >= 11 is 4.82. The Kier molecular flexibility index (Phi) is 15.0. The lowest BCUT2D eigenvalue weighted by Crippen LogP contribution is -2.18. The number of aliphatic imine (C=N–C) groups is 2. The van der Waals surface area contributed by atoms with Gasteiger partial charge in [-0.05, 0) is 41.7 Å². The molecular weight excluding hydrogens is 1050 g/mol. The van der Waals surface area contributed by atoms with Gasteiger partial charge in [-0.3, -0.25) is 0 Å².